The highest BCUT2D eigenvalue weighted by Crippen LogP contribution is 2.14. The van der Waals surface area contributed by atoms with E-state index in [-0.39, 0.29) is 10.4 Å². The molecule has 102 valence electrons. The zero-order chi connectivity index (χ0) is 13.8. The Kier molecular flexibility index (Phi) is 4.66. The van der Waals surface area contributed by atoms with E-state index in [0.717, 1.165) is 0 Å². The standard InChI is InChI=1S/C11H20N4O2S/c1-4-14-18(16,17)9-5-6-10(13-7-9)15-11(2,3)8-12/h5-7,14H,4,8,12H2,1-3H3,(H,13,15). The van der Waals surface area contributed by atoms with Crippen LogP contribution in [0.3, 0.4) is 0 Å². The number of hydrogen-bond acceptors (Lipinski definition) is 5. The molecule has 0 aliphatic rings. The Balaban J connectivity index is 2.87. The molecule has 0 fully saturated rings. The molecule has 0 spiro atoms. The van der Waals surface area contributed by atoms with Crippen LogP contribution in [0.15, 0.2) is 23.2 Å². The van der Waals surface area contributed by atoms with E-state index in [4.69, 9.17) is 5.73 Å². The normalized spacial score (nSPS) is 12.4. The molecule has 0 unspecified atom stereocenters. The maximum absolute atomic E-state index is 11.7. The van der Waals surface area contributed by atoms with Crippen molar-refractivity contribution in [1.82, 2.24) is 9.71 Å². The number of rotatable bonds is 6. The monoisotopic (exact) mass is 272 g/mol. The van der Waals surface area contributed by atoms with Gasteiger partial charge in [-0.2, -0.15) is 0 Å². The van der Waals surface area contributed by atoms with Crippen molar-refractivity contribution in [3.63, 3.8) is 0 Å². The molecule has 0 saturated heterocycles. The largest absolute Gasteiger partial charge is 0.364 e. The van der Waals surface area contributed by atoms with Crippen molar-refractivity contribution in [1.29, 1.82) is 0 Å². The highest BCUT2D eigenvalue weighted by atomic mass is 32.2. The average Bonchev–Trinajstić information content (AvgIpc) is 2.29. The Labute approximate surface area is 108 Å². The van der Waals surface area contributed by atoms with Gasteiger partial charge in [-0.3, -0.25) is 0 Å². The smallest absolute Gasteiger partial charge is 0.242 e. The summed E-state index contributed by atoms with van der Waals surface area (Å²) in [5.74, 6) is 0.598. The van der Waals surface area contributed by atoms with Gasteiger partial charge in [0.1, 0.15) is 10.7 Å². The van der Waals surface area contributed by atoms with Crippen LogP contribution >= 0.6 is 0 Å². The maximum atomic E-state index is 11.7. The molecule has 0 amide bonds. The van der Waals surface area contributed by atoms with E-state index in [0.29, 0.717) is 18.9 Å². The summed E-state index contributed by atoms with van der Waals surface area (Å²) in [7, 11) is -3.44. The van der Waals surface area contributed by atoms with Crippen LogP contribution in [-0.2, 0) is 10.0 Å². The van der Waals surface area contributed by atoms with Gasteiger partial charge in [-0.1, -0.05) is 6.92 Å². The number of sulfonamides is 1. The Bertz CT molecular complexity index is 482. The predicted molar refractivity (Wildman–Crippen MR) is 71.9 cm³/mol. The highest BCUT2D eigenvalue weighted by molar-refractivity contribution is 7.89. The van der Waals surface area contributed by atoms with Gasteiger partial charge in [-0.05, 0) is 26.0 Å². The van der Waals surface area contributed by atoms with Crippen LogP contribution in [0, 0.1) is 0 Å². The zero-order valence-electron chi connectivity index (χ0n) is 10.9. The first-order valence-electron chi connectivity index (χ1n) is 5.75. The third-order valence-corrected chi connectivity index (χ3v) is 3.89. The van der Waals surface area contributed by atoms with Crippen molar-refractivity contribution in [2.24, 2.45) is 5.73 Å². The van der Waals surface area contributed by atoms with E-state index < -0.39 is 10.0 Å². The summed E-state index contributed by atoms with van der Waals surface area (Å²) >= 11 is 0. The molecular formula is C11H20N4O2S. The molecule has 0 aliphatic heterocycles. The third kappa shape index (κ3) is 3.94. The molecule has 0 bridgehead atoms. The minimum atomic E-state index is -3.44. The van der Waals surface area contributed by atoms with Gasteiger partial charge in [0.05, 0.1) is 0 Å². The summed E-state index contributed by atoms with van der Waals surface area (Å²) in [6.07, 6.45) is 1.33. The van der Waals surface area contributed by atoms with Crippen LogP contribution in [0.4, 0.5) is 5.82 Å². The zero-order valence-corrected chi connectivity index (χ0v) is 11.7. The molecule has 6 nitrogen and oxygen atoms in total. The topological polar surface area (TPSA) is 97.1 Å². The van der Waals surface area contributed by atoms with Gasteiger partial charge in [-0.15, -0.1) is 0 Å². The van der Waals surface area contributed by atoms with Crippen molar-refractivity contribution in [2.45, 2.75) is 31.2 Å². The Hall–Kier alpha value is -1.18. The number of nitrogens with one attached hydrogen (secondary N) is 2. The van der Waals surface area contributed by atoms with Crippen molar-refractivity contribution in [3.8, 4) is 0 Å². The first-order valence-corrected chi connectivity index (χ1v) is 7.23. The quantitative estimate of drug-likeness (QED) is 0.702. The van der Waals surface area contributed by atoms with Crippen molar-refractivity contribution >= 4 is 15.8 Å². The van der Waals surface area contributed by atoms with Crippen LogP contribution in [0.1, 0.15) is 20.8 Å². The fourth-order valence-electron chi connectivity index (χ4n) is 1.28. The summed E-state index contributed by atoms with van der Waals surface area (Å²) < 4.78 is 25.8. The second kappa shape index (κ2) is 5.64. The molecule has 0 saturated carbocycles. The van der Waals surface area contributed by atoms with Gasteiger partial charge in [0.2, 0.25) is 10.0 Å². The Morgan fingerprint density at radius 2 is 2.06 bits per heavy atom. The summed E-state index contributed by atoms with van der Waals surface area (Å²) in [6, 6.07) is 3.14. The van der Waals surface area contributed by atoms with E-state index in [1.54, 1.807) is 13.0 Å². The molecule has 1 rings (SSSR count). The molecule has 4 N–H and O–H groups in total. The van der Waals surface area contributed by atoms with Crippen LogP contribution in [-0.4, -0.2) is 32.0 Å². The molecule has 0 aliphatic carbocycles. The lowest BCUT2D eigenvalue weighted by Crippen LogP contribution is -2.39. The Morgan fingerprint density at radius 1 is 1.39 bits per heavy atom. The van der Waals surface area contributed by atoms with Gasteiger partial charge in [0.25, 0.3) is 0 Å². The van der Waals surface area contributed by atoms with Gasteiger partial charge < -0.3 is 11.1 Å². The number of nitrogens with zero attached hydrogens (tertiary/aromatic N) is 1. The lowest BCUT2D eigenvalue weighted by atomic mass is 10.1. The molecule has 1 aromatic heterocycles. The van der Waals surface area contributed by atoms with Gasteiger partial charge in [-0.25, -0.2) is 18.1 Å². The maximum Gasteiger partial charge on any atom is 0.242 e. The minimum Gasteiger partial charge on any atom is -0.364 e. The van der Waals surface area contributed by atoms with E-state index in [1.807, 2.05) is 13.8 Å². The second-order valence-corrected chi connectivity index (χ2v) is 6.36. The van der Waals surface area contributed by atoms with Crippen molar-refractivity contribution < 1.29 is 8.42 Å². The van der Waals surface area contributed by atoms with Crippen LogP contribution in [0.5, 0.6) is 0 Å². The lowest BCUT2D eigenvalue weighted by Gasteiger charge is -2.24. The molecule has 1 heterocycles. The predicted octanol–water partition coefficient (Wildman–Crippen LogP) is 0.529. The lowest BCUT2D eigenvalue weighted by molar-refractivity contribution is 0.576. The molecule has 0 radical (unpaired) electrons. The molecule has 0 aromatic carbocycles. The molecular weight excluding hydrogens is 252 g/mol. The van der Waals surface area contributed by atoms with E-state index in [9.17, 15) is 8.42 Å². The average molecular weight is 272 g/mol. The third-order valence-electron chi connectivity index (χ3n) is 2.36. The van der Waals surface area contributed by atoms with E-state index in [2.05, 4.69) is 15.0 Å². The second-order valence-electron chi connectivity index (χ2n) is 4.59. The van der Waals surface area contributed by atoms with E-state index in [1.165, 1.54) is 12.3 Å². The number of anilines is 1. The Morgan fingerprint density at radius 3 is 2.50 bits per heavy atom. The van der Waals surface area contributed by atoms with Crippen LogP contribution in [0.25, 0.3) is 0 Å². The summed E-state index contributed by atoms with van der Waals surface area (Å²) in [4.78, 5) is 4.23. The number of aromatic nitrogens is 1. The van der Waals surface area contributed by atoms with E-state index >= 15 is 0 Å². The molecule has 1 aromatic rings. The van der Waals surface area contributed by atoms with Gasteiger partial charge in [0.15, 0.2) is 0 Å². The van der Waals surface area contributed by atoms with Crippen LogP contribution in [0.2, 0.25) is 0 Å². The van der Waals surface area contributed by atoms with Crippen molar-refractivity contribution in [2.75, 3.05) is 18.4 Å². The SMILES string of the molecule is CCNS(=O)(=O)c1ccc(NC(C)(C)CN)nc1. The number of hydrogen-bond donors (Lipinski definition) is 3. The van der Waals surface area contributed by atoms with Crippen LogP contribution < -0.4 is 15.8 Å². The molecule has 0 atom stereocenters. The van der Waals surface area contributed by atoms with Crippen molar-refractivity contribution in [3.05, 3.63) is 18.3 Å². The minimum absolute atomic E-state index is 0.153. The highest BCUT2D eigenvalue weighted by Gasteiger charge is 2.17. The molecule has 18 heavy (non-hydrogen) atoms. The summed E-state index contributed by atoms with van der Waals surface area (Å²) in [5.41, 5.74) is 5.31. The first-order chi connectivity index (χ1) is 8.30. The number of pyridine rings is 1. The van der Waals surface area contributed by atoms with Gasteiger partial charge in [0, 0.05) is 24.8 Å². The summed E-state index contributed by atoms with van der Waals surface area (Å²) in [5, 5.41) is 3.13. The fourth-order valence-corrected chi connectivity index (χ4v) is 2.27. The summed E-state index contributed by atoms with van der Waals surface area (Å²) in [6.45, 7) is 6.41. The fraction of sp³-hybridized carbons (Fsp3) is 0.545. The number of nitrogens with two attached hydrogens (primary N) is 1. The van der Waals surface area contributed by atoms with Gasteiger partial charge >= 0.3 is 0 Å². The molecule has 7 heteroatoms. The first kappa shape index (κ1) is 14.9.